The highest BCUT2D eigenvalue weighted by atomic mass is 31.2. The van der Waals surface area contributed by atoms with Crippen LogP contribution in [-0.2, 0) is 27.9 Å². The summed E-state index contributed by atoms with van der Waals surface area (Å²) in [6.07, 6.45) is 67.1. The molecule has 442 valence electrons. The van der Waals surface area contributed by atoms with E-state index in [2.05, 4.69) is 50.4 Å². The van der Waals surface area contributed by atoms with Gasteiger partial charge in [0.25, 0.3) is 0 Å². The molecule has 3 atom stereocenters. The Bertz CT molecular complexity index is 1380. The molecule has 0 aromatic rings. The fourth-order valence-electron chi connectivity index (χ4n) is 9.58. The molecular formula is C65H126N2O7P+. The van der Waals surface area contributed by atoms with Crippen LogP contribution in [0.4, 0.5) is 0 Å². The molecule has 0 spiro atoms. The van der Waals surface area contributed by atoms with Crippen molar-refractivity contribution in [1.82, 2.24) is 5.32 Å². The van der Waals surface area contributed by atoms with Crippen LogP contribution >= 0.6 is 7.82 Å². The van der Waals surface area contributed by atoms with E-state index in [0.717, 1.165) is 77.0 Å². The first-order valence-corrected chi connectivity index (χ1v) is 33.8. The Kier molecular flexibility index (Phi) is 54.2. The summed E-state index contributed by atoms with van der Waals surface area (Å²) in [6.45, 7) is 7.02. The molecule has 0 radical (unpaired) electrons. The van der Waals surface area contributed by atoms with Crippen LogP contribution in [0.2, 0.25) is 0 Å². The second-order valence-corrected chi connectivity index (χ2v) is 24.8. The summed E-state index contributed by atoms with van der Waals surface area (Å²) < 4.78 is 30.7. The predicted octanol–water partition coefficient (Wildman–Crippen LogP) is 19.9. The largest absolute Gasteiger partial charge is 0.472 e. The van der Waals surface area contributed by atoms with E-state index in [1.807, 2.05) is 33.3 Å². The predicted molar refractivity (Wildman–Crippen MR) is 323 cm³/mol. The molecule has 10 heteroatoms. The van der Waals surface area contributed by atoms with Crippen LogP contribution in [0.3, 0.4) is 0 Å². The number of likely N-dealkylation sites (N-methyl/N-ethyl adjacent to an activating group) is 1. The van der Waals surface area contributed by atoms with Gasteiger partial charge in [-0.1, -0.05) is 282 Å². The molecule has 0 saturated heterocycles. The third-order valence-electron chi connectivity index (χ3n) is 14.6. The van der Waals surface area contributed by atoms with Gasteiger partial charge in [0.05, 0.1) is 33.8 Å². The minimum absolute atomic E-state index is 0.0400. The summed E-state index contributed by atoms with van der Waals surface area (Å²) in [6, 6.07) is -0.851. The zero-order chi connectivity index (χ0) is 55.0. The summed E-state index contributed by atoms with van der Waals surface area (Å²) in [4.78, 5) is 37.7. The first kappa shape index (κ1) is 73.2. The van der Waals surface area contributed by atoms with Crippen LogP contribution in [0.25, 0.3) is 0 Å². The van der Waals surface area contributed by atoms with Gasteiger partial charge in [-0.25, -0.2) is 4.57 Å². The van der Waals surface area contributed by atoms with Crippen molar-refractivity contribution < 1.29 is 37.3 Å². The van der Waals surface area contributed by atoms with E-state index in [0.29, 0.717) is 23.9 Å². The zero-order valence-corrected chi connectivity index (χ0v) is 51.5. The minimum atomic E-state index is -4.45. The molecular weight excluding hydrogens is 952 g/mol. The van der Waals surface area contributed by atoms with Gasteiger partial charge in [0, 0.05) is 12.8 Å². The molecule has 0 rings (SSSR count). The SMILES string of the molecule is CCCCC/C=C/C=C/CCCCCCCCC(=O)NC(COP(=O)(O)OCC[N+](C)(C)C)C(/C=C\CCCCCCCCCCCCC)OC(=O)CCCCCCCCCCCCCCCCCCCCCCC. The molecule has 0 saturated carbocycles. The maximum Gasteiger partial charge on any atom is 0.472 e. The molecule has 0 bridgehead atoms. The topological polar surface area (TPSA) is 111 Å². The van der Waals surface area contributed by atoms with E-state index in [-0.39, 0.29) is 25.1 Å². The summed E-state index contributed by atoms with van der Waals surface area (Å²) >= 11 is 0. The zero-order valence-electron chi connectivity index (χ0n) is 50.6. The lowest BCUT2D eigenvalue weighted by atomic mass is 10.0. The number of amides is 1. The first-order valence-electron chi connectivity index (χ1n) is 32.3. The van der Waals surface area contributed by atoms with E-state index in [9.17, 15) is 19.0 Å². The summed E-state index contributed by atoms with van der Waals surface area (Å²) in [5, 5.41) is 3.06. The fraction of sp³-hybridized carbons (Fsp3) is 0.877. The van der Waals surface area contributed by atoms with Gasteiger partial charge in [0.2, 0.25) is 5.91 Å². The molecule has 0 aromatic heterocycles. The van der Waals surface area contributed by atoms with Crippen molar-refractivity contribution in [2.24, 2.45) is 0 Å². The van der Waals surface area contributed by atoms with Crippen molar-refractivity contribution in [3.8, 4) is 0 Å². The second kappa shape index (κ2) is 55.5. The molecule has 3 unspecified atom stereocenters. The lowest BCUT2D eigenvalue weighted by Crippen LogP contribution is -2.47. The second-order valence-electron chi connectivity index (χ2n) is 23.3. The van der Waals surface area contributed by atoms with Crippen LogP contribution in [0.5, 0.6) is 0 Å². The van der Waals surface area contributed by atoms with E-state index in [4.69, 9.17) is 13.8 Å². The Morgan fingerprint density at radius 3 is 1.20 bits per heavy atom. The van der Waals surface area contributed by atoms with Gasteiger partial charge >= 0.3 is 13.8 Å². The van der Waals surface area contributed by atoms with Crippen molar-refractivity contribution in [2.75, 3.05) is 40.9 Å². The Balaban J connectivity index is 5.20. The molecule has 0 fully saturated rings. The van der Waals surface area contributed by atoms with E-state index in [1.54, 1.807) is 0 Å². The molecule has 0 aliphatic heterocycles. The number of carbonyl (C=O) groups excluding carboxylic acids is 2. The third-order valence-corrected chi connectivity index (χ3v) is 15.6. The number of allylic oxidation sites excluding steroid dienone is 5. The number of carbonyl (C=O) groups is 2. The standard InChI is InChI=1S/C65H125N2O7P/c1-7-10-13-16-19-22-25-28-30-31-32-33-34-35-37-40-43-46-49-52-55-58-65(69)74-63(56-53-50-47-44-41-38-27-24-21-18-15-12-9-3)62(61-73-75(70,71)72-60-59-67(4,5)6)66-64(68)57-54-51-48-45-42-39-36-29-26-23-20-17-14-11-8-2/h20,23,26,29,53,56,62-63H,7-19,21-22,24-25,27-28,30-52,54-55,57-61H2,1-6H3,(H-,66,68,70,71)/p+1/b23-20+,29-26+,56-53-. The van der Waals surface area contributed by atoms with Crippen LogP contribution in [0.15, 0.2) is 36.5 Å². The van der Waals surface area contributed by atoms with Crippen LogP contribution in [0, 0.1) is 0 Å². The molecule has 0 aromatic carbocycles. The molecule has 0 aliphatic carbocycles. The van der Waals surface area contributed by atoms with Gasteiger partial charge < -0.3 is 19.4 Å². The normalized spacial score (nSPS) is 13.9. The molecule has 2 N–H and O–H groups in total. The van der Waals surface area contributed by atoms with Crippen LogP contribution in [0.1, 0.15) is 316 Å². The monoisotopic (exact) mass is 1080 g/mol. The van der Waals surface area contributed by atoms with E-state index in [1.165, 1.54) is 205 Å². The number of phosphoric ester groups is 1. The highest BCUT2D eigenvalue weighted by Gasteiger charge is 2.30. The quantitative estimate of drug-likeness (QED) is 0.0156. The van der Waals surface area contributed by atoms with Gasteiger partial charge in [-0.3, -0.25) is 18.6 Å². The number of ether oxygens (including phenoxy) is 1. The number of phosphoric acid groups is 1. The molecule has 0 aliphatic rings. The Morgan fingerprint density at radius 1 is 0.467 bits per heavy atom. The average molecular weight is 1080 g/mol. The number of rotatable bonds is 59. The fourth-order valence-corrected chi connectivity index (χ4v) is 10.3. The van der Waals surface area contributed by atoms with Gasteiger partial charge in [-0.2, -0.15) is 0 Å². The van der Waals surface area contributed by atoms with E-state index >= 15 is 0 Å². The van der Waals surface area contributed by atoms with Gasteiger partial charge in [0.15, 0.2) is 0 Å². The smallest absolute Gasteiger partial charge is 0.456 e. The minimum Gasteiger partial charge on any atom is -0.456 e. The number of nitrogens with zero attached hydrogens (tertiary/aromatic N) is 1. The average Bonchev–Trinajstić information content (AvgIpc) is 3.37. The Labute approximate surface area is 466 Å². The summed E-state index contributed by atoms with van der Waals surface area (Å²) in [7, 11) is 1.50. The number of hydrogen-bond acceptors (Lipinski definition) is 6. The van der Waals surface area contributed by atoms with Gasteiger partial charge in [-0.15, -0.1) is 0 Å². The molecule has 1 amide bonds. The highest BCUT2D eigenvalue weighted by Crippen LogP contribution is 2.43. The number of nitrogens with one attached hydrogen (secondary N) is 1. The number of esters is 1. The van der Waals surface area contributed by atoms with Gasteiger partial charge in [0.1, 0.15) is 19.3 Å². The third kappa shape index (κ3) is 56.8. The van der Waals surface area contributed by atoms with Crippen LogP contribution in [-0.4, -0.2) is 74.3 Å². The van der Waals surface area contributed by atoms with Gasteiger partial charge in [-0.05, 0) is 57.4 Å². The Morgan fingerprint density at radius 2 is 0.800 bits per heavy atom. The van der Waals surface area contributed by atoms with Crippen molar-refractivity contribution in [1.29, 1.82) is 0 Å². The van der Waals surface area contributed by atoms with Crippen molar-refractivity contribution in [3.63, 3.8) is 0 Å². The summed E-state index contributed by atoms with van der Waals surface area (Å²) in [5.74, 6) is -0.503. The lowest BCUT2D eigenvalue weighted by molar-refractivity contribution is -0.870. The maximum atomic E-state index is 13.5. The molecule has 75 heavy (non-hydrogen) atoms. The van der Waals surface area contributed by atoms with Crippen LogP contribution < -0.4 is 5.32 Å². The lowest BCUT2D eigenvalue weighted by Gasteiger charge is -2.27. The number of hydrogen-bond donors (Lipinski definition) is 2. The maximum absolute atomic E-state index is 13.5. The molecule has 0 heterocycles. The van der Waals surface area contributed by atoms with E-state index < -0.39 is 20.0 Å². The number of quaternary nitrogens is 1. The van der Waals surface area contributed by atoms with Crippen molar-refractivity contribution in [2.45, 2.75) is 328 Å². The highest BCUT2D eigenvalue weighted by molar-refractivity contribution is 7.47. The van der Waals surface area contributed by atoms with Crippen molar-refractivity contribution >= 4 is 19.7 Å². The number of unbranched alkanes of at least 4 members (excludes halogenated alkanes) is 40. The van der Waals surface area contributed by atoms with Crippen molar-refractivity contribution in [3.05, 3.63) is 36.5 Å². The summed E-state index contributed by atoms with van der Waals surface area (Å²) in [5.41, 5.74) is 0. The first-order chi connectivity index (χ1) is 36.4. The Hall–Kier alpha value is -1.77. The molecule has 9 nitrogen and oxygen atoms in total.